The minimum Gasteiger partial charge on any atom is -0.322 e. The molecule has 0 saturated carbocycles. The zero-order valence-electron chi connectivity index (χ0n) is 10.3. The minimum absolute atomic E-state index is 0.0829. The molecule has 0 heterocycles. The Morgan fingerprint density at radius 3 is 2.33 bits per heavy atom. The Morgan fingerprint density at radius 1 is 1.00 bits per heavy atom. The molecule has 0 fully saturated rings. The van der Waals surface area contributed by atoms with Crippen LogP contribution in [0.5, 0.6) is 0 Å². The average molecular weight is 304 g/mol. The Hall–Kier alpha value is -1.61. The molecular formula is C15H14BrNO. The van der Waals surface area contributed by atoms with Crippen LogP contribution in [0.25, 0.3) is 0 Å². The third-order valence-corrected chi connectivity index (χ3v) is 3.86. The first-order valence-electron chi connectivity index (χ1n) is 5.71. The summed E-state index contributed by atoms with van der Waals surface area (Å²) in [5, 5.41) is 2.93. The van der Waals surface area contributed by atoms with Crippen LogP contribution in [0.1, 0.15) is 21.5 Å². The predicted octanol–water partition coefficient (Wildman–Crippen LogP) is 4.32. The second-order valence-corrected chi connectivity index (χ2v) is 5.02. The number of nitrogens with one attached hydrogen (secondary N) is 1. The first kappa shape index (κ1) is 12.8. The summed E-state index contributed by atoms with van der Waals surface area (Å²) in [7, 11) is 0. The molecule has 2 nitrogen and oxygen atoms in total. The van der Waals surface area contributed by atoms with Gasteiger partial charge in [0, 0.05) is 15.7 Å². The highest BCUT2D eigenvalue weighted by molar-refractivity contribution is 9.10. The molecule has 0 spiro atoms. The van der Waals surface area contributed by atoms with Crippen LogP contribution in [-0.2, 0) is 0 Å². The SMILES string of the molecule is Cc1c(Br)ccc(NC(=O)c2ccccc2)c1C. The topological polar surface area (TPSA) is 29.1 Å². The van der Waals surface area contributed by atoms with Crippen molar-refractivity contribution in [3.63, 3.8) is 0 Å². The van der Waals surface area contributed by atoms with Gasteiger partial charge in [0.1, 0.15) is 0 Å². The van der Waals surface area contributed by atoms with Gasteiger partial charge in [-0.2, -0.15) is 0 Å². The van der Waals surface area contributed by atoms with Crippen molar-refractivity contribution >= 4 is 27.5 Å². The van der Waals surface area contributed by atoms with Crippen molar-refractivity contribution in [1.82, 2.24) is 0 Å². The zero-order chi connectivity index (χ0) is 13.1. The van der Waals surface area contributed by atoms with Gasteiger partial charge in [0.05, 0.1) is 0 Å². The van der Waals surface area contributed by atoms with Crippen LogP contribution in [0.3, 0.4) is 0 Å². The van der Waals surface area contributed by atoms with Crippen molar-refractivity contribution in [2.24, 2.45) is 0 Å². The quantitative estimate of drug-likeness (QED) is 0.879. The monoisotopic (exact) mass is 303 g/mol. The molecule has 2 rings (SSSR count). The lowest BCUT2D eigenvalue weighted by Gasteiger charge is -2.11. The molecule has 0 unspecified atom stereocenters. The first-order valence-corrected chi connectivity index (χ1v) is 6.51. The third-order valence-electron chi connectivity index (χ3n) is 3.01. The summed E-state index contributed by atoms with van der Waals surface area (Å²) in [5.41, 5.74) is 3.73. The Labute approximate surface area is 115 Å². The third kappa shape index (κ3) is 2.62. The van der Waals surface area contributed by atoms with Gasteiger partial charge in [-0.25, -0.2) is 0 Å². The van der Waals surface area contributed by atoms with Crippen LogP contribution in [-0.4, -0.2) is 5.91 Å². The number of hydrogen-bond donors (Lipinski definition) is 1. The Balaban J connectivity index is 2.26. The van der Waals surface area contributed by atoms with Gasteiger partial charge in [-0.15, -0.1) is 0 Å². The number of carbonyl (C=O) groups is 1. The number of carbonyl (C=O) groups excluding carboxylic acids is 1. The van der Waals surface area contributed by atoms with Gasteiger partial charge in [0.2, 0.25) is 0 Å². The highest BCUT2D eigenvalue weighted by Crippen LogP contribution is 2.26. The summed E-state index contributed by atoms with van der Waals surface area (Å²) >= 11 is 3.48. The first-order chi connectivity index (χ1) is 8.59. The average Bonchev–Trinajstić information content (AvgIpc) is 2.40. The second-order valence-electron chi connectivity index (χ2n) is 4.17. The summed E-state index contributed by atoms with van der Waals surface area (Å²) in [6.07, 6.45) is 0. The molecule has 0 aliphatic carbocycles. The van der Waals surface area contributed by atoms with E-state index >= 15 is 0 Å². The van der Waals surface area contributed by atoms with Gasteiger partial charge in [-0.3, -0.25) is 4.79 Å². The van der Waals surface area contributed by atoms with Crippen molar-refractivity contribution in [2.75, 3.05) is 5.32 Å². The maximum absolute atomic E-state index is 12.0. The predicted molar refractivity (Wildman–Crippen MR) is 78.0 cm³/mol. The van der Waals surface area contributed by atoms with Crippen LogP contribution in [0, 0.1) is 13.8 Å². The molecule has 3 heteroatoms. The van der Waals surface area contributed by atoms with Crippen LogP contribution in [0.4, 0.5) is 5.69 Å². The highest BCUT2D eigenvalue weighted by atomic mass is 79.9. The molecule has 1 amide bonds. The number of anilines is 1. The zero-order valence-corrected chi connectivity index (χ0v) is 11.9. The fourth-order valence-corrected chi connectivity index (χ4v) is 2.14. The van der Waals surface area contributed by atoms with E-state index in [0.717, 1.165) is 21.3 Å². The fourth-order valence-electron chi connectivity index (χ4n) is 1.71. The van der Waals surface area contributed by atoms with Gasteiger partial charge in [-0.05, 0) is 49.2 Å². The second kappa shape index (κ2) is 5.36. The van der Waals surface area contributed by atoms with E-state index in [4.69, 9.17) is 0 Å². The Kier molecular flexibility index (Phi) is 3.82. The maximum Gasteiger partial charge on any atom is 0.255 e. The molecule has 1 N–H and O–H groups in total. The van der Waals surface area contributed by atoms with Crippen molar-refractivity contribution < 1.29 is 4.79 Å². The Bertz CT molecular complexity index is 579. The van der Waals surface area contributed by atoms with E-state index in [0.29, 0.717) is 5.56 Å². The molecule has 0 aromatic heterocycles. The van der Waals surface area contributed by atoms with E-state index < -0.39 is 0 Å². The molecule has 0 radical (unpaired) electrons. The summed E-state index contributed by atoms with van der Waals surface area (Å²) in [6.45, 7) is 4.03. The van der Waals surface area contributed by atoms with E-state index in [-0.39, 0.29) is 5.91 Å². The molecule has 0 atom stereocenters. The molecule has 0 aliphatic rings. The number of benzene rings is 2. The number of amides is 1. The van der Waals surface area contributed by atoms with Crippen molar-refractivity contribution in [2.45, 2.75) is 13.8 Å². The molecular weight excluding hydrogens is 290 g/mol. The van der Waals surface area contributed by atoms with E-state index in [1.54, 1.807) is 12.1 Å². The van der Waals surface area contributed by atoms with Gasteiger partial charge < -0.3 is 5.32 Å². The largest absolute Gasteiger partial charge is 0.322 e. The number of hydrogen-bond acceptors (Lipinski definition) is 1. The van der Waals surface area contributed by atoms with E-state index in [2.05, 4.69) is 21.2 Å². The van der Waals surface area contributed by atoms with Crippen LogP contribution in [0.15, 0.2) is 46.9 Å². The van der Waals surface area contributed by atoms with Crippen molar-refractivity contribution in [3.8, 4) is 0 Å². The van der Waals surface area contributed by atoms with E-state index in [1.807, 2.05) is 44.2 Å². The van der Waals surface area contributed by atoms with Gasteiger partial charge >= 0.3 is 0 Å². The lowest BCUT2D eigenvalue weighted by Crippen LogP contribution is -2.12. The smallest absolute Gasteiger partial charge is 0.255 e. The molecule has 0 saturated heterocycles. The fraction of sp³-hybridized carbons (Fsp3) is 0.133. The molecule has 2 aromatic rings. The van der Waals surface area contributed by atoms with E-state index in [1.165, 1.54) is 0 Å². The summed E-state index contributed by atoms with van der Waals surface area (Å²) in [5.74, 6) is -0.0829. The number of halogens is 1. The Morgan fingerprint density at radius 2 is 1.67 bits per heavy atom. The maximum atomic E-state index is 12.0. The summed E-state index contributed by atoms with van der Waals surface area (Å²) in [6, 6.07) is 13.1. The molecule has 2 aromatic carbocycles. The van der Waals surface area contributed by atoms with Crippen LogP contribution in [0.2, 0.25) is 0 Å². The highest BCUT2D eigenvalue weighted by Gasteiger charge is 2.09. The van der Waals surface area contributed by atoms with E-state index in [9.17, 15) is 4.79 Å². The van der Waals surface area contributed by atoms with Crippen LogP contribution >= 0.6 is 15.9 Å². The van der Waals surface area contributed by atoms with Gasteiger partial charge in [-0.1, -0.05) is 34.1 Å². The molecule has 0 aliphatic heterocycles. The molecule has 0 bridgehead atoms. The molecule has 18 heavy (non-hydrogen) atoms. The summed E-state index contributed by atoms with van der Waals surface area (Å²) < 4.78 is 1.05. The summed E-state index contributed by atoms with van der Waals surface area (Å²) in [4.78, 5) is 12.0. The lowest BCUT2D eigenvalue weighted by molar-refractivity contribution is 0.102. The van der Waals surface area contributed by atoms with Gasteiger partial charge in [0.25, 0.3) is 5.91 Å². The van der Waals surface area contributed by atoms with Crippen molar-refractivity contribution in [1.29, 1.82) is 0 Å². The van der Waals surface area contributed by atoms with Gasteiger partial charge in [0.15, 0.2) is 0 Å². The van der Waals surface area contributed by atoms with Crippen molar-refractivity contribution in [3.05, 3.63) is 63.6 Å². The standard InChI is InChI=1S/C15H14BrNO/c1-10-11(2)14(9-8-13(10)16)17-15(18)12-6-4-3-5-7-12/h3-9H,1-2H3,(H,17,18). The van der Waals surface area contributed by atoms with Crippen LogP contribution < -0.4 is 5.32 Å². The lowest BCUT2D eigenvalue weighted by atomic mass is 10.1. The normalized spacial score (nSPS) is 10.2. The number of rotatable bonds is 2. The molecule has 92 valence electrons. The minimum atomic E-state index is -0.0829.